The maximum Gasteiger partial charge on any atom is 0.344 e. The average Bonchev–Trinajstić information content (AvgIpc) is 2.29. The smallest absolute Gasteiger partial charge is 0.344 e. The second-order valence-corrected chi connectivity index (χ2v) is 3.84. The summed E-state index contributed by atoms with van der Waals surface area (Å²) in [5.41, 5.74) is 0.401. The number of carbonyl (C=O) groups is 2. The van der Waals surface area contributed by atoms with Crippen LogP contribution in [-0.2, 0) is 9.59 Å². The number of ether oxygens (including phenoxy) is 1. The van der Waals surface area contributed by atoms with Gasteiger partial charge >= 0.3 is 11.9 Å². The molecule has 2 N–H and O–H groups in total. The second-order valence-electron chi connectivity index (χ2n) is 3.43. The van der Waals surface area contributed by atoms with Crippen molar-refractivity contribution in [1.29, 1.82) is 0 Å². The summed E-state index contributed by atoms with van der Waals surface area (Å²) in [4.78, 5) is 21.2. The van der Waals surface area contributed by atoms with Crippen molar-refractivity contribution in [3.8, 4) is 5.75 Å². The molecule has 0 amide bonds. The van der Waals surface area contributed by atoms with E-state index < -0.39 is 18.0 Å². The predicted molar refractivity (Wildman–Crippen MR) is 65.8 cm³/mol. The number of rotatable bonds is 5. The Labute approximate surface area is 108 Å². The van der Waals surface area contributed by atoms with Gasteiger partial charge in [-0.1, -0.05) is 23.7 Å². The molecule has 6 heteroatoms. The molecule has 5 nitrogen and oxygen atoms in total. The molecule has 1 unspecified atom stereocenters. The Morgan fingerprint density at radius 1 is 1.39 bits per heavy atom. The van der Waals surface area contributed by atoms with E-state index in [-0.39, 0.29) is 10.8 Å². The Morgan fingerprint density at radius 3 is 2.61 bits per heavy atom. The largest absolute Gasteiger partial charge is 0.479 e. The van der Waals surface area contributed by atoms with Crippen LogP contribution in [0.5, 0.6) is 5.75 Å². The molecule has 18 heavy (non-hydrogen) atoms. The van der Waals surface area contributed by atoms with E-state index in [9.17, 15) is 9.59 Å². The molecular formula is C12H11ClO5. The number of aliphatic carboxylic acids is 2. The molecule has 0 heterocycles. The standard InChI is InChI=1S/C12H11ClO5/c1-7(12(16)17)18-11-8(5-6-10(14)15)3-2-4-9(11)13/h2-7H,1H3,(H,14,15)(H,16,17)/b6-5+. The van der Waals surface area contributed by atoms with Gasteiger partial charge in [0.25, 0.3) is 0 Å². The van der Waals surface area contributed by atoms with Gasteiger partial charge < -0.3 is 14.9 Å². The molecule has 1 aromatic carbocycles. The van der Waals surface area contributed by atoms with Gasteiger partial charge in [-0.15, -0.1) is 0 Å². The molecule has 0 saturated carbocycles. The van der Waals surface area contributed by atoms with Crippen LogP contribution in [0.3, 0.4) is 0 Å². The van der Waals surface area contributed by atoms with Crippen LogP contribution in [0.15, 0.2) is 24.3 Å². The van der Waals surface area contributed by atoms with Gasteiger partial charge in [-0.3, -0.25) is 0 Å². The predicted octanol–water partition coefficient (Wildman–Crippen LogP) is 2.29. The first-order chi connectivity index (χ1) is 8.41. The van der Waals surface area contributed by atoms with Crippen LogP contribution >= 0.6 is 11.6 Å². The summed E-state index contributed by atoms with van der Waals surface area (Å²) in [5, 5.41) is 17.5. The first-order valence-electron chi connectivity index (χ1n) is 5.00. The number of benzene rings is 1. The van der Waals surface area contributed by atoms with Crippen LogP contribution in [0.1, 0.15) is 12.5 Å². The topological polar surface area (TPSA) is 83.8 Å². The van der Waals surface area contributed by atoms with Gasteiger partial charge in [-0.05, 0) is 19.1 Å². The normalized spacial score (nSPS) is 12.3. The highest BCUT2D eigenvalue weighted by molar-refractivity contribution is 6.32. The van der Waals surface area contributed by atoms with Crippen molar-refractivity contribution in [1.82, 2.24) is 0 Å². The van der Waals surface area contributed by atoms with Crippen molar-refractivity contribution in [2.75, 3.05) is 0 Å². The van der Waals surface area contributed by atoms with Gasteiger partial charge in [-0.2, -0.15) is 0 Å². The van der Waals surface area contributed by atoms with E-state index >= 15 is 0 Å². The molecule has 1 aromatic rings. The summed E-state index contributed by atoms with van der Waals surface area (Å²) in [7, 11) is 0. The van der Waals surface area contributed by atoms with E-state index in [2.05, 4.69) is 0 Å². The Morgan fingerprint density at radius 2 is 2.06 bits per heavy atom. The Bertz CT molecular complexity index is 495. The summed E-state index contributed by atoms with van der Waals surface area (Å²) in [6.45, 7) is 1.36. The summed E-state index contributed by atoms with van der Waals surface area (Å²) < 4.78 is 5.19. The quantitative estimate of drug-likeness (QED) is 0.802. The third-order valence-corrected chi connectivity index (χ3v) is 2.34. The summed E-state index contributed by atoms with van der Waals surface area (Å²) in [6.07, 6.45) is 1.13. The van der Waals surface area contributed by atoms with Crippen molar-refractivity contribution in [2.24, 2.45) is 0 Å². The maximum absolute atomic E-state index is 10.7. The van der Waals surface area contributed by atoms with Crippen LogP contribution in [0, 0.1) is 0 Å². The fourth-order valence-electron chi connectivity index (χ4n) is 1.17. The molecular weight excluding hydrogens is 260 g/mol. The van der Waals surface area contributed by atoms with Gasteiger partial charge in [0.1, 0.15) is 5.75 Å². The average molecular weight is 271 g/mol. The molecule has 96 valence electrons. The van der Waals surface area contributed by atoms with E-state index in [0.29, 0.717) is 5.56 Å². The van der Waals surface area contributed by atoms with E-state index in [0.717, 1.165) is 6.08 Å². The number of carboxylic acid groups (broad SMARTS) is 2. The molecule has 0 saturated heterocycles. The number of hydrogen-bond acceptors (Lipinski definition) is 3. The SMILES string of the molecule is CC(Oc1c(Cl)cccc1/C=C/C(=O)O)C(=O)O. The lowest BCUT2D eigenvalue weighted by Crippen LogP contribution is -2.23. The Kier molecular flexibility index (Phi) is 4.74. The van der Waals surface area contributed by atoms with Crippen molar-refractivity contribution in [3.05, 3.63) is 34.9 Å². The molecule has 0 aliphatic rings. The lowest BCUT2D eigenvalue weighted by molar-refractivity contribution is -0.144. The maximum atomic E-state index is 10.7. The monoisotopic (exact) mass is 270 g/mol. The zero-order valence-electron chi connectivity index (χ0n) is 9.46. The van der Waals surface area contributed by atoms with Gasteiger partial charge in [0, 0.05) is 11.6 Å². The van der Waals surface area contributed by atoms with Crippen molar-refractivity contribution in [3.63, 3.8) is 0 Å². The molecule has 0 aliphatic carbocycles. The van der Waals surface area contributed by atoms with E-state index in [1.54, 1.807) is 12.1 Å². The third kappa shape index (κ3) is 3.78. The van der Waals surface area contributed by atoms with Crippen molar-refractivity contribution in [2.45, 2.75) is 13.0 Å². The van der Waals surface area contributed by atoms with E-state index in [4.69, 9.17) is 26.6 Å². The fraction of sp³-hybridized carbons (Fsp3) is 0.167. The van der Waals surface area contributed by atoms with Gasteiger partial charge in [0.15, 0.2) is 6.10 Å². The second kappa shape index (κ2) is 6.07. The lowest BCUT2D eigenvalue weighted by Gasteiger charge is -2.14. The Hall–Kier alpha value is -2.01. The lowest BCUT2D eigenvalue weighted by atomic mass is 10.2. The van der Waals surface area contributed by atoms with Crippen molar-refractivity contribution < 1.29 is 24.5 Å². The molecule has 1 atom stereocenters. The third-order valence-electron chi connectivity index (χ3n) is 2.05. The van der Waals surface area contributed by atoms with E-state index in [1.807, 2.05) is 0 Å². The van der Waals surface area contributed by atoms with E-state index in [1.165, 1.54) is 19.1 Å². The van der Waals surface area contributed by atoms with Gasteiger partial charge in [-0.25, -0.2) is 9.59 Å². The first-order valence-corrected chi connectivity index (χ1v) is 5.38. The number of hydrogen-bond donors (Lipinski definition) is 2. The van der Waals surface area contributed by atoms with Crippen molar-refractivity contribution >= 4 is 29.6 Å². The minimum atomic E-state index is -1.14. The zero-order chi connectivity index (χ0) is 13.7. The zero-order valence-corrected chi connectivity index (χ0v) is 10.2. The van der Waals surface area contributed by atoms with Crippen LogP contribution in [0.4, 0.5) is 0 Å². The molecule has 0 bridgehead atoms. The van der Waals surface area contributed by atoms with Crippen LogP contribution in [-0.4, -0.2) is 28.3 Å². The highest BCUT2D eigenvalue weighted by atomic mass is 35.5. The highest BCUT2D eigenvalue weighted by Gasteiger charge is 2.16. The number of halogens is 1. The minimum absolute atomic E-state index is 0.145. The van der Waals surface area contributed by atoms with Gasteiger partial charge in [0.2, 0.25) is 0 Å². The fourth-order valence-corrected chi connectivity index (χ4v) is 1.40. The molecule has 0 radical (unpaired) electrons. The Balaban J connectivity index is 3.08. The minimum Gasteiger partial charge on any atom is -0.479 e. The highest BCUT2D eigenvalue weighted by Crippen LogP contribution is 2.30. The van der Waals surface area contributed by atoms with Crippen LogP contribution < -0.4 is 4.74 Å². The van der Waals surface area contributed by atoms with Gasteiger partial charge in [0.05, 0.1) is 5.02 Å². The molecule has 0 aliphatic heterocycles. The number of carboxylic acids is 2. The first kappa shape index (κ1) is 14.1. The molecule has 0 spiro atoms. The molecule has 1 rings (SSSR count). The summed E-state index contributed by atoms with van der Waals surface area (Å²) in [6, 6.07) is 4.72. The molecule has 0 aromatic heterocycles. The summed E-state index contributed by atoms with van der Waals surface area (Å²) >= 11 is 5.89. The summed E-state index contributed by atoms with van der Waals surface area (Å²) in [5.74, 6) is -2.11. The van der Waals surface area contributed by atoms with Crippen LogP contribution in [0.25, 0.3) is 6.08 Å². The van der Waals surface area contributed by atoms with Crippen LogP contribution in [0.2, 0.25) is 5.02 Å². The number of para-hydroxylation sites is 1. The molecule has 0 fully saturated rings.